The number of esters is 1. The highest BCUT2D eigenvalue weighted by Crippen LogP contribution is 2.12. The minimum absolute atomic E-state index is 0.0628. The molecule has 2 aromatic rings. The molecule has 0 spiro atoms. The zero-order valence-corrected chi connectivity index (χ0v) is 12.0. The topological polar surface area (TPSA) is 91.4 Å². The standard InChI is InChI=1S/C13H12N2O5S/c1-9-8-21-13(17)14(9)6-7-20-12(16)10-2-4-11(5-3-10)15(18)19/h2-5,8H,6-7H2,1H3. The van der Waals surface area contributed by atoms with E-state index in [0.29, 0.717) is 0 Å². The van der Waals surface area contributed by atoms with Crippen molar-refractivity contribution in [3.8, 4) is 0 Å². The smallest absolute Gasteiger partial charge is 0.338 e. The van der Waals surface area contributed by atoms with Gasteiger partial charge >= 0.3 is 10.8 Å². The van der Waals surface area contributed by atoms with Gasteiger partial charge in [0.25, 0.3) is 5.69 Å². The van der Waals surface area contributed by atoms with Crippen LogP contribution < -0.4 is 4.87 Å². The summed E-state index contributed by atoms with van der Waals surface area (Å²) in [6.07, 6.45) is 0. The first-order valence-corrected chi connectivity index (χ1v) is 6.93. The number of carbonyl (C=O) groups excluding carboxylic acids is 1. The molecule has 0 fully saturated rings. The van der Waals surface area contributed by atoms with Gasteiger partial charge in [-0.3, -0.25) is 19.5 Å². The highest BCUT2D eigenvalue weighted by Gasteiger charge is 2.11. The second kappa shape index (κ2) is 6.31. The third kappa shape index (κ3) is 3.54. The van der Waals surface area contributed by atoms with Crippen LogP contribution in [0.3, 0.4) is 0 Å². The molecule has 0 saturated heterocycles. The predicted molar refractivity (Wildman–Crippen MR) is 76.7 cm³/mol. The fraction of sp³-hybridized carbons (Fsp3) is 0.231. The van der Waals surface area contributed by atoms with E-state index in [4.69, 9.17) is 4.74 Å². The van der Waals surface area contributed by atoms with Crippen molar-refractivity contribution in [2.45, 2.75) is 13.5 Å². The monoisotopic (exact) mass is 308 g/mol. The van der Waals surface area contributed by atoms with E-state index in [0.717, 1.165) is 17.0 Å². The Kier molecular flexibility index (Phi) is 4.49. The molecule has 0 unspecified atom stereocenters. The number of ether oxygens (including phenoxy) is 1. The molecular weight excluding hydrogens is 296 g/mol. The van der Waals surface area contributed by atoms with Crippen LogP contribution in [0.15, 0.2) is 34.4 Å². The highest BCUT2D eigenvalue weighted by atomic mass is 32.1. The number of benzene rings is 1. The number of aryl methyl sites for hydroxylation is 1. The van der Waals surface area contributed by atoms with Crippen molar-refractivity contribution < 1.29 is 14.5 Å². The summed E-state index contributed by atoms with van der Waals surface area (Å²) < 4.78 is 6.57. The van der Waals surface area contributed by atoms with Crippen molar-refractivity contribution in [2.75, 3.05) is 6.61 Å². The van der Waals surface area contributed by atoms with Crippen LogP contribution in [0.25, 0.3) is 0 Å². The van der Waals surface area contributed by atoms with Crippen LogP contribution in [0, 0.1) is 17.0 Å². The van der Waals surface area contributed by atoms with Gasteiger partial charge in [0.2, 0.25) is 0 Å². The normalized spacial score (nSPS) is 10.3. The van der Waals surface area contributed by atoms with E-state index >= 15 is 0 Å². The second-order valence-electron chi connectivity index (χ2n) is 4.23. The van der Waals surface area contributed by atoms with Gasteiger partial charge in [0, 0.05) is 23.2 Å². The number of non-ortho nitro benzene ring substituents is 1. The number of nitro benzene ring substituents is 1. The second-order valence-corrected chi connectivity index (χ2v) is 5.06. The lowest BCUT2D eigenvalue weighted by molar-refractivity contribution is -0.384. The zero-order chi connectivity index (χ0) is 15.4. The molecule has 7 nitrogen and oxygen atoms in total. The summed E-state index contributed by atoms with van der Waals surface area (Å²) in [6, 6.07) is 5.15. The SMILES string of the molecule is Cc1csc(=O)n1CCOC(=O)c1ccc([N+](=O)[O-])cc1. The number of hydrogen-bond acceptors (Lipinski definition) is 6. The van der Waals surface area contributed by atoms with Crippen molar-refractivity contribution in [2.24, 2.45) is 0 Å². The Hall–Kier alpha value is -2.48. The fourth-order valence-electron chi connectivity index (χ4n) is 1.71. The van der Waals surface area contributed by atoms with Crippen molar-refractivity contribution in [3.63, 3.8) is 0 Å². The summed E-state index contributed by atoms with van der Waals surface area (Å²) in [5.41, 5.74) is 0.957. The number of nitro groups is 1. The molecule has 8 heteroatoms. The molecule has 0 radical (unpaired) electrons. The van der Waals surface area contributed by atoms with E-state index in [9.17, 15) is 19.7 Å². The van der Waals surface area contributed by atoms with E-state index in [1.54, 1.807) is 12.3 Å². The molecule has 1 aromatic heterocycles. The average molecular weight is 308 g/mol. The third-order valence-corrected chi connectivity index (χ3v) is 3.72. The van der Waals surface area contributed by atoms with Gasteiger partial charge in [-0.2, -0.15) is 0 Å². The molecule has 0 aliphatic rings. The van der Waals surface area contributed by atoms with Crippen molar-refractivity contribution in [3.05, 3.63) is 60.7 Å². The Balaban J connectivity index is 1.93. The molecule has 0 N–H and O–H groups in total. The Morgan fingerprint density at radius 3 is 2.57 bits per heavy atom. The van der Waals surface area contributed by atoms with E-state index in [-0.39, 0.29) is 29.3 Å². The van der Waals surface area contributed by atoms with Gasteiger partial charge < -0.3 is 4.74 Å². The number of aromatic nitrogens is 1. The van der Waals surface area contributed by atoms with E-state index in [1.165, 1.54) is 28.8 Å². The van der Waals surface area contributed by atoms with Gasteiger partial charge in [-0.1, -0.05) is 11.3 Å². The first-order valence-electron chi connectivity index (χ1n) is 6.05. The number of carbonyl (C=O) groups is 1. The molecular formula is C13H12N2O5S. The van der Waals surface area contributed by atoms with Gasteiger partial charge in [-0.05, 0) is 19.1 Å². The predicted octanol–water partition coefficient (Wildman–Crippen LogP) is 1.98. The molecule has 0 atom stereocenters. The maximum atomic E-state index is 11.7. The van der Waals surface area contributed by atoms with Gasteiger partial charge in [-0.15, -0.1) is 0 Å². The lowest BCUT2D eigenvalue weighted by Crippen LogP contribution is -2.19. The molecule has 21 heavy (non-hydrogen) atoms. The quantitative estimate of drug-likeness (QED) is 0.478. The van der Waals surface area contributed by atoms with E-state index in [2.05, 4.69) is 0 Å². The number of thiazole rings is 1. The lowest BCUT2D eigenvalue weighted by Gasteiger charge is -2.06. The van der Waals surface area contributed by atoms with Gasteiger partial charge in [0.05, 0.1) is 17.0 Å². The summed E-state index contributed by atoms with van der Waals surface area (Å²) in [7, 11) is 0. The average Bonchev–Trinajstić information content (AvgIpc) is 2.79. The Labute approximate surface area is 123 Å². The Morgan fingerprint density at radius 1 is 1.38 bits per heavy atom. The van der Waals surface area contributed by atoms with Crippen LogP contribution in [-0.2, 0) is 11.3 Å². The molecule has 0 aliphatic carbocycles. The van der Waals surface area contributed by atoms with Crippen LogP contribution >= 0.6 is 11.3 Å². The first-order chi connectivity index (χ1) is 9.99. The first kappa shape index (κ1) is 14.9. The van der Waals surface area contributed by atoms with Crippen LogP contribution in [0.4, 0.5) is 5.69 Å². The summed E-state index contributed by atoms with van der Waals surface area (Å²) in [4.78, 5) is 33.1. The van der Waals surface area contributed by atoms with E-state index < -0.39 is 10.9 Å². The van der Waals surface area contributed by atoms with Crippen LogP contribution in [-0.4, -0.2) is 22.1 Å². The number of rotatable bonds is 5. The third-order valence-electron chi connectivity index (χ3n) is 2.84. The van der Waals surface area contributed by atoms with Crippen molar-refractivity contribution in [1.82, 2.24) is 4.57 Å². The van der Waals surface area contributed by atoms with Gasteiger partial charge in [0.1, 0.15) is 6.61 Å². The summed E-state index contributed by atoms with van der Waals surface area (Å²) in [5.74, 6) is -0.578. The minimum Gasteiger partial charge on any atom is -0.460 e. The molecule has 2 rings (SSSR count). The molecule has 110 valence electrons. The number of hydrogen-bond donors (Lipinski definition) is 0. The van der Waals surface area contributed by atoms with Crippen LogP contribution in [0.2, 0.25) is 0 Å². The Bertz CT molecular complexity index is 717. The highest BCUT2D eigenvalue weighted by molar-refractivity contribution is 7.07. The molecule has 0 aliphatic heterocycles. The molecule has 1 aromatic carbocycles. The van der Waals surface area contributed by atoms with Crippen LogP contribution in [0.5, 0.6) is 0 Å². The number of nitrogens with zero attached hydrogens (tertiary/aromatic N) is 2. The molecule has 0 amide bonds. The van der Waals surface area contributed by atoms with Gasteiger partial charge in [0.15, 0.2) is 0 Å². The minimum atomic E-state index is -0.578. The maximum absolute atomic E-state index is 11.7. The summed E-state index contributed by atoms with van der Waals surface area (Å²) in [5, 5.41) is 12.2. The van der Waals surface area contributed by atoms with Crippen molar-refractivity contribution >= 4 is 23.0 Å². The zero-order valence-electron chi connectivity index (χ0n) is 11.1. The molecule has 0 bridgehead atoms. The fourth-order valence-corrected chi connectivity index (χ4v) is 2.47. The van der Waals surface area contributed by atoms with E-state index in [1.807, 2.05) is 0 Å². The van der Waals surface area contributed by atoms with Crippen LogP contribution in [0.1, 0.15) is 16.1 Å². The lowest BCUT2D eigenvalue weighted by atomic mass is 10.2. The molecule has 0 saturated carbocycles. The Morgan fingerprint density at radius 2 is 2.05 bits per heavy atom. The van der Waals surface area contributed by atoms with Gasteiger partial charge in [-0.25, -0.2) is 4.79 Å². The summed E-state index contributed by atoms with van der Waals surface area (Å²) >= 11 is 1.09. The largest absolute Gasteiger partial charge is 0.460 e. The summed E-state index contributed by atoms with van der Waals surface area (Å²) in [6.45, 7) is 2.15. The maximum Gasteiger partial charge on any atom is 0.338 e. The van der Waals surface area contributed by atoms with Crippen molar-refractivity contribution in [1.29, 1.82) is 0 Å². The molecule has 1 heterocycles.